The van der Waals surface area contributed by atoms with Gasteiger partial charge in [-0.3, -0.25) is 19.3 Å². The van der Waals surface area contributed by atoms with Crippen molar-refractivity contribution < 1.29 is 19.1 Å². The van der Waals surface area contributed by atoms with Gasteiger partial charge in [-0.25, -0.2) is 0 Å². The summed E-state index contributed by atoms with van der Waals surface area (Å²) in [5.41, 5.74) is 0.642. The Balaban J connectivity index is 2.42. The largest absolute Gasteiger partial charge is 0.427 e. The summed E-state index contributed by atoms with van der Waals surface area (Å²) in [6.45, 7) is 3.34. The standard InChI is InChI=1S/C12H11NO4/c1-3-13-11(15)9-5-4-8(17-7(2)14)6-10(9)12(13)16/h4-6H,3H2,1-2H3. The lowest BCUT2D eigenvalue weighted by Crippen LogP contribution is -2.29. The lowest BCUT2D eigenvalue weighted by molar-refractivity contribution is -0.131. The summed E-state index contributed by atoms with van der Waals surface area (Å²) in [5.74, 6) is -0.840. The van der Waals surface area contributed by atoms with Gasteiger partial charge in [-0.2, -0.15) is 0 Å². The number of hydrogen-bond donors (Lipinski definition) is 0. The second-order valence-corrected chi connectivity index (χ2v) is 3.66. The zero-order valence-corrected chi connectivity index (χ0v) is 9.52. The zero-order chi connectivity index (χ0) is 12.6. The van der Waals surface area contributed by atoms with E-state index in [9.17, 15) is 14.4 Å². The van der Waals surface area contributed by atoms with Crippen LogP contribution in [0, 0.1) is 0 Å². The number of nitrogens with zero attached hydrogens (tertiary/aromatic N) is 1. The first-order valence-electron chi connectivity index (χ1n) is 5.23. The van der Waals surface area contributed by atoms with Crippen molar-refractivity contribution in [1.29, 1.82) is 0 Å². The monoisotopic (exact) mass is 233 g/mol. The second kappa shape index (κ2) is 4.01. The Kier molecular flexibility index (Phi) is 2.67. The molecule has 1 aromatic carbocycles. The molecule has 0 atom stereocenters. The number of ether oxygens (including phenoxy) is 1. The molecule has 0 spiro atoms. The molecule has 2 amide bonds. The SMILES string of the molecule is CCN1C(=O)c2ccc(OC(C)=O)cc2C1=O. The lowest BCUT2D eigenvalue weighted by Gasteiger charge is -2.08. The zero-order valence-electron chi connectivity index (χ0n) is 9.52. The summed E-state index contributed by atoms with van der Waals surface area (Å²) in [5, 5.41) is 0. The van der Waals surface area contributed by atoms with Crippen LogP contribution in [0.4, 0.5) is 0 Å². The summed E-state index contributed by atoms with van der Waals surface area (Å²) < 4.78 is 4.87. The van der Waals surface area contributed by atoms with Crippen LogP contribution in [0.25, 0.3) is 0 Å². The van der Waals surface area contributed by atoms with Crippen molar-refractivity contribution in [1.82, 2.24) is 4.90 Å². The fourth-order valence-corrected chi connectivity index (χ4v) is 1.79. The molecule has 2 rings (SSSR count). The number of rotatable bonds is 2. The number of fused-ring (bicyclic) bond motifs is 1. The smallest absolute Gasteiger partial charge is 0.308 e. The summed E-state index contributed by atoms with van der Waals surface area (Å²) in [7, 11) is 0. The van der Waals surface area contributed by atoms with Gasteiger partial charge in [-0.05, 0) is 25.1 Å². The van der Waals surface area contributed by atoms with E-state index in [1.165, 1.54) is 25.1 Å². The third kappa shape index (κ3) is 1.80. The molecule has 0 saturated carbocycles. The third-order valence-electron chi connectivity index (χ3n) is 2.52. The first-order chi connectivity index (χ1) is 8.04. The highest BCUT2D eigenvalue weighted by Gasteiger charge is 2.34. The Morgan fingerprint density at radius 1 is 1.24 bits per heavy atom. The van der Waals surface area contributed by atoms with Crippen LogP contribution >= 0.6 is 0 Å². The van der Waals surface area contributed by atoms with Gasteiger partial charge < -0.3 is 4.74 Å². The van der Waals surface area contributed by atoms with Crippen LogP contribution in [-0.4, -0.2) is 29.2 Å². The van der Waals surface area contributed by atoms with E-state index >= 15 is 0 Å². The highest BCUT2D eigenvalue weighted by molar-refractivity contribution is 6.21. The predicted octanol–water partition coefficient (Wildman–Crippen LogP) is 1.23. The molecule has 1 aliphatic heterocycles. The lowest BCUT2D eigenvalue weighted by atomic mass is 10.1. The molecule has 0 aromatic heterocycles. The molecule has 17 heavy (non-hydrogen) atoms. The van der Waals surface area contributed by atoms with Gasteiger partial charge in [-0.1, -0.05) is 0 Å². The Labute approximate surface area is 98.0 Å². The van der Waals surface area contributed by atoms with E-state index in [1.807, 2.05) is 0 Å². The third-order valence-corrected chi connectivity index (χ3v) is 2.52. The van der Waals surface area contributed by atoms with Crippen LogP contribution in [0.1, 0.15) is 34.6 Å². The molecular formula is C12H11NO4. The fraction of sp³-hybridized carbons (Fsp3) is 0.250. The summed E-state index contributed by atoms with van der Waals surface area (Å²) >= 11 is 0. The van der Waals surface area contributed by atoms with E-state index in [4.69, 9.17) is 4.74 Å². The van der Waals surface area contributed by atoms with Crippen LogP contribution < -0.4 is 4.74 Å². The summed E-state index contributed by atoms with van der Waals surface area (Å²) in [6, 6.07) is 4.43. The van der Waals surface area contributed by atoms with Crippen molar-refractivity contribution in [3.63, 3.8) is 0 Å². The van der Waals surface area contributed by atoms with Crippen molar-refractivity contribution in [2.24, 2.45) is 0 Å². The molecule has 0 bridgehead atoms. The molecule has 5 heteroatoms. The molecule has 5 nitrogen and oxygen atoms in total. The molecule has 1 aromatic rings. The van der Waals surface area contributed by atoms with Gasteiger partial charge in [-0.15, -0.1) is 0 Å². The van der Waals surface area contributed by atoms with Crippen molar-refractivity contribution >= 4 is 17.8 Å². The minimum atomic E-state index is -0.464. The van der Waals surface area contributed by atoms with Gasteiger partial charge >= 0.3 is 5.97 Å². The number of amides is 2. The van der Waals surface area contributed by atoms with Crippen molar-refractivity contribution in [3.05, 3.63) is 29.3 Å². The molecule has 0 unspecified atom stereocenters. The van der Waals surface area contributed by atoms with E-state index in [1.54, 1.807) is 6.92 Å². The van der Waals surface area contributed by atoms with Crippen molar-refractivity contribution in [2.45, 2.75) is 13.8 Å². The summed E-state index contributed by atoms with van der Waals surface area (Å²) in [4.78, 5) is 35.6. The Morgan fingerprint density at radius 3 is 2.47 bits per heavy atom. The predicted molar refractivity (Wildman–Crippen MR) is 58.8 cm³/mol. The summed E-state index contributed by atoms with van der Waals surface area (Å²) in [6.07, 6.45) is 0. The van der Waals surface area contributed by atoms with E-state index in [0.29, 0.717) is 12.1 Å². The van der Waals surface area contributed by atoms with E-state index in [2.05, 4.69) is 0 Å². The number of esters is 1. The number of carbonyl (C=O) groups excluding carboxylic acids is 3. The van der Waals surface area contributed by atoms with Gasteiger partial charge in [0, 0.05) is 13.5 Å². The number of carbonyl (C=O) groups is 3. The number of hydrogen-bond acceptors (Lipinski definition) is 4. The molecular weight excluding hydrogens is 222 g/mol. The van der Waals surface area contributed by atoms with Crippen LogP contribution in [0.2, 0.25) is 0 Å². The maximum atomic E-state index is 11.8. The Bertz CT molecular complexity index is 521. The Hall–Kier alpha value is -2.17. The second-order valence-electron chi connectivity index (χ2n) is 3.66. The quantitative estimate of drug-likeness (QED) is 0.438. The minimum Gasteiger partial charge on any atom is -0.427 e. The molecule has 0 fully saturated rings. The van der Waals surface area contributed by atoms with Crippen LogP contribution in [-0.2, 0) is 4.79 Å². The molecule has 88 valence electrons. The maximum absolute atomic E-state index is 11.8. The minimum absolute atomic E-state index is 0.273. The topological polar surface area (TPSA) is 63.7 Å². The molecule has 1 heterocycles. The van der Waals surface area contributed by atoms with Gasteiger partial charge in [0.2, 0.25) is 0 Å². The van der Waals surface area contributed by atoms with Gasteiger partial charge in [0.25, 0.3) is 11.8 Å². The first kappa shape index (κ1) is 11.3. The van der Waals surface area contributed by atoms with E-state index < -0.39 is 5.97 Å². The van der Waals surface area contributed by atoms with Crippen molar-refractivity contribution in [2.75, 3.05) is 6.54 Å². The normalized spacial score (nSPS) is 13.9. The highest BCUT2D eigenvalue weighted by Crippen LogP contribution is 2.26. The molecule has 0 N–H and O–H groups in total. The first-order valence-corrected chi connectivity index (χ1v) is 5.23. The average molecular weight is 233 g/mol. The van der Waals surface area contributed by atoms with E-state index in [-0.39, 0.29) is 23.1 Å². The number of benzene rings is 1. The van der Waals surface area contributed by atoms with Gasteiger partial charge in [0.05, 0.1) is 11.1 Å². The molecule has 0 saturated heterocycles. The molecule has 0 aliphatic carbocycles. The van der Waals surface area contributed by atoms with Crippen LogP contribution in [0.15, 0.2) is 18.2 Å². The molecule has 0 radical (unpaired) electrons. The van der Waals surface area contributed by atoms with Gasteiger partial charge in [0.15, 0.2) is 0 Å². The van der Waals surface area contributed by atoms with Crippen molar-refractivity contribution in [3.8, 4) is 5.75 Å². The average Bonchev–Trinajstić information content (AvgIpc) is 2.50. The van der Waals surface area contributed by atoms with Crippen LogP contribution in [0.5, 0.6) is 5.75 Å². The van der Waals surface area contributed by atoms with Crippen LogP contribution in [0.3, 0.4) is 0 Å². The maximum Gasteiger partial charge on any atom is 0.308 e. The Morgan fingerprint density at radius 2 is 1.88 bits per heavy atom. The van der Waals surface area contributed by atoms with Gasteiger partial charge in [0.1, 0.15) is 5.75 Å². The van der Waals surface area contributed by atoms with E-state index in [0.717, 1.165) is 4.90 Å². The highest BCUT2D eigenvalue weighted by atomic mass is 16.5. The molecule has 1 aliphatic rings. The fourth-order valence-electron chi connectivity index (χ4n) is 1.79. The number of imide groups is 1.